The minimum atomic E-state index is -0.673. The van der Waals surface area contributed by atoms with Crippen LogP contribution >= 0.6 is 11.8 Å². The van der Waals surface area contributed by atoms with E-state index in [0.29, 0.717) is 19.6 Å². The second-order valence-electron chi connectivity index (χ2n) is 4.54. The molecule has 0 saturated carbocycles. The third-order valence-electron chi connectivity index (χ3n) is 2.45. The molecule has 118 valence electrons. The van der Waals surface area contributed by atoms with Crippen LogP contribution in [0.1, 0.15) is 27.2 Å². The maximum absolute atomic E-state index is 12.0. The molecule has 1 rings (SSSR count). The van der Waals surface area contributed by atoms with E-state index in [1.165, 1.54) is 0 Å². The number of aromatic nitrogens is 3. The molecule has 0 aliphatic carbocycles. The van der Waals surface area contributed by atoms with Crippen molar-refractivity contribution in [2.45, 2.75) is 43.6 Å². The van der Waals surface area contributed by atoms with Crippen molar-refractivity contribution in [3.63, 3.8) is 0 Å². The SMILES string of the molecule is CCC(Sc1n[nH]c(=O)[nH]c1=O)C(=O)NCCOC(C)C. The number of carbonyl (C=O) groups excluding carboxylic acids is 1. The van der Waals surface area contributed by atoms with Gasteiger partial charge in [0.25, 0.3) is 5.56 Å². The molecule has 0 radical (unpaired) electrons. The second kappa shape index (κ2) is 8.63. The first-order chi connectivity index (χ1) is 9.93. The first-order valence-electron chi connectivity index (χ1n) is 6.69. The predicted molar refractivity (Wildman–Crippen MR) is 79.5 cm³/mol. The summed E-state index contributed by atoms with van der Waals surface area (Å²) in [4.78, 5) is 36.5. The van der Waals surface area contributed by atoms with Gasteiger partial charge in [-0.3, -0.25) is 14.6 Å². The van der Waals surface area contributed by atoms with Crippen LogP contribution in [0.5, 0.6) is 0 Å². The molecule has 0 bridgehead atoms. The van der Waals surface area contributed by atoms with Crippen LogP contribution in [0.4, 0.5) is 0 Å². The zero-order chi connectivity index (χ0) is 15.8. The highest BCUT2D eigenvalue weighted by Gasteiger charge is 2.20. The molecule has 1 amide bonds. The Kier molecular flexibility index (Phi) is 7.17. The lowest BCUT2D eigenvalue weighted by Gasteiger charge is -2.14. The van der Waals surface area contributed by atoms with Crippen molar-refractivity contribution >= 4 is 17.7 Å². The Bertz CT molecular complexity index is 569. The van der Waals surface area contributed by atoms with Gasteiger partial charge in [-0.15, -0.1) is 0 Å². The number of ether oxygens (including phenoxy) is 1. The molecule has 1 aromatic heterocycles. The van der Waals surface area contributed by atoms with Gasteiger partial charge >= 0.3 is 5.69 Å². The van der Waals surface area contributed by atoms with Crippen molar-refractivity contribution in [1.82, 2.24) is 20.5 Å². The molecule has 1 aromatic rings. The van der Waals surface area contributed by atoms with Crippen molar-refractivity contribution in [1.29, 1.82) is 0 Å². The van der Waals surface area contributed by atoms with Gasteiger partial charge in [-0.1, -0.05) is 18.7 Å². The topological polar surface area (TPSA) is 117 Å². The average Bonchev–Trinajstić information content (AvgIpc) is 2.42. The maximum Gasteiger partial charge on any atom is 0.342 e. The fraction of sp³-hybridized carbons (Fsp3) is 0.667. The Labute approximate surface area is 126 Å². The number of H-pyrrole nitrogens is 2. The largest absolute Gasteiger partial charge is 0.377 e. The number of rotatable bonds is 8. The van der Waals surface area contributed by atoms with Gasteiger partial charge in [0.05, 0.1) is 18.0 Å². The number of amides is 1. The number of aromatic amines is 2. The van der Waals surface area contributed by atoms with E-state index in [-0.39, 0.29) is 17.0 Å². The summed E-state index contributed by atoms with van der Waals surface area (Å²) in [6.45, 7) is 6.51. The highest BCUT2D eigenvalue weighted by Crippen LogP contribution is 2.19. The minimum absolute atomic E-state index is 0.0648. The van der Waals surface area contributed by atoms with Crippen LogP contribution in [0.15, 0.2) is 14.6 Å². The highest BCUT2D eigenvalue weighted by atomic mass is 32.2. The number of nitrogens with one attached hydrogen (secondary N) is 3. The number of hydrogen-bond acceptors (Lipinski definition) is 6. The van der Waals surface area contributed by atoms with Gasteiger partial charge < -0.3 is 10.1 Å². The highest BCUT2D eigenvalue weighted by molar-refractivity contribution is 8.00. The molecule has 0 saturated heterocycles. The molecule has 0 aliphatic heterocycles. The number of carbonyl (C=O) groups is 1. The van der Waals surface area contributed by atoms with E-state index in [9.17, 15) is 14.4 Å². The van der Waals surface area contributed by atoms with E-state index in [0.717, 1.165) is 11.8 Å². The molecule has 0 aromatic carbocycles. The number of nitrogens with zero attached hydrogens (tertiary/aromatic N) is 1. The maximum atomic E-state index is 12.0. The minimum Gasteiger partial charge on any atom is -0.377 e. The fourth-order valence-electron chi connectivity index (χ4n) is 1.46. The Hall–Kier alpha value is -1.61. The van der Waals surface area contributed by atoms with Gasteiger partial charge in [0.2, 0.25) is 5.91 Å². The summed E-state index contributed by atoms with van der Waals surface area (Å²) in [6.07, 6.45) is 0.643. The van der Waals surface area contributed by atoms with E-state index in [4.69, 9.17) is 4.74 Å². The summed E-state index contributed by atoms with van der Waals surface area (Å²) in [6, 6.07) is 0. The molecular weight excluding hydrogens is 296 g/mol. The van der Waals surface area contributed by atoms with Crippen LogP contribution in [0.3, 0.4) is 0 Å². The van der Waals surface area contributed by atoms with E-state index in [1.807, 2.05) is 20.8 Å². The molecule has 0 aliphatic rings. The lowest BCUT2D eigenvalue weighted by Crippen LogP contribution is -2.36. The van der Waals surface area contributed by atoms with E-state index < -0.39 is 16.5 Å². The lowest BCUT2D eigenvalue weighted by atomic mass is 10.3. The van der Waals surface area contributed by atoms with Crippen molar-refractivity contribution in [2.24, 2.45) is 0 Å². The van der Waals surface area contributed by atoms with Gasteiger partial charge in [0.15, 0.2) is 5.03 Å². The lowest BCUT2D eigenvalue weighted by molar-refractivity contribution is -0.120. The van der Waals surface area contributed by atoms with E-state index in [1.54, 1.807) is 0 Å². The van der Waals surface area contributed by atoms with Crippen LogP contribution in [-0.4, -0.2) is 45.6 Å². The van der Waals surface area contributed by atoms with Crippen LogP contribution in [0.2, 0.25) is 0 Å². The van der Waals surface area contributed by atoms with Gasteiger partial charge in [0, 0.05) is 6.54 Å². The van der Waals surface area contributed by atoms with Crippen LogP contribution < -0.4 is 16.6 Å². The van der Waals surface area contributed by atoms with Gasteiger partial charge in [-0.05, 0) is 20.3 Å². The standard InChI is InChI=1S/C12H20N4O4S/c1-4-8(9(17)13-5-6-20-7(2)3)21-11-10(18)14-12(19)16-15-11/h7-8H,4-6H2,1-3H3,(H,13,17)(H2,14,16,18,19). The molecular formula is C12H20N4O4S. The molecule has 9 heteroatoms. The first-order valence-corrected chi connectivity index (χ1v) is 7.57. The molecule has 0 spiro atoms. The molecule has 1 heterocycles. The van der Waals surface area contributed by atoms with E-state index in [2.05, 4.69) is 20.5 Å². The second-order valence-corrected chi connectivity index (χ2v) is 5.73. The Morgan fingerprint density at radius 1 is 1.43 bits per heavy atom. The quantitative estimate of drug-likeness (QED) is 0.454. The summed E-state index contributed by atoms with van der Waals surface area (Å²) in [7, 11) is 0. The fourth-order valence-corrected chi connectivity index (χ4v) is 2.34. The van der Waals surface area contributed by atoms with Gasteiger partial charge in [-0.2, -0.15) is 5.10 Å². The third-order valence-corrected chi connectivity index (χ3v) is 3.78. The summed E-state index contributed by atoms with van der Waals surface area (Å²) in [5.74, 6) is -0.192. The van der Waals surface area contributed by atoms with Crippen LogP contribution in [0.25, 0.3) is 0 Å². The molecule has 1 unspecified atom stereocenters. The Morgan fingerprint density at radius 3 is 2.71 bits per heavy atom. The predicted octanol–water partition coefficient (Wildman–Crippen LogP) is -0.130. The summed E-state index contributed by atoms with van der Waals surface area (Å²) in [5.41, 5.74) is -1.27. The average molecular weight is 316 g/mol. The van der Waals surface area contributed by atoms with Crippen molar-refractivity contribution in [3.8, 4) is 0 Å². The van der Waals surface area contributed by atoms with Crippen LogP contribution in [-0.2, 0) is 9.53 Å². The Balaban J connectivity index is 2.55. The molecule has 8 nitrogen and oxygen atoms in total. The summed E-state index contributed by atoms with van der Waals surface area (Å²) < 4.78 is 5.33. The summed E-state index contributed by atoms with van der Waals surface area (Å²) >= 11 is 1.02. The number of thioether (sulfide) groups is 1. The molecule has 0 fully saturated rings. The molecule has 21 heavy (non-hydrogen) atoms. The van der Waals surface area contributed by atoms with Crippen molar-refractivity contribution in [2.75, 3.05) is 13.2 Å². The monoisotopic (exact) mass is 316 g/mol. The summed E-state index contributed by atoms with van der Waals surface area (Å²) in [5, 5.41) is 8.14. The normalized spacial score (nSPS) is 12.4. The third kappa shape index (κ3) is 6.13. The van der Waals surface area contributed by atoms with E-state index >= 15 is 0 Å². The Morgan fingerprint density at radius 2 is 2.14 bits per heavy atom. The van der Waals surface area contributed by atoms with Crippen LogP contribution in [0, 0.1) is 0 Å². The number of hydrogen-bond donors (Lipinski definition) is 3. The van der Waals surface area contributed by atoms with Crippen molar-refractivity contribution in [3.05, 3.63) is 20.8 Å². The molecule has 1 atom stereocenters. The van der Waals surface area contributed by atoms with Gasteiger partial charge in [-0.25, -0.2) is 9.89 Å². The molecule has 3 N–H and O–H groups in total. The first kappa shape index (κ1) is 17.4. The zero-order valence-electron chi connectivity index (χ0n) is 12.3. The zero-order valence-corrected chi connectivity index (χ0v) is 13.1. The smallest absolute Gasteiger partial charge is 0.342 e. The van der Waals surface area contributed by atoms with Crippen molar-refractivity contribution < 1.29 is 9.53 Å². The van der Waals surface area contributed by atoms with Gasteiger partial charge in [0.1, 0.15) is 0 Å².